The molecule has 1 unspecified atom stereocenters. The maximum Gasteiger partial charge on any atom is 0.407 e. The molecule has 1 fully saturated rings. The van der Waals surface area contributed by atoms with Crippen molar-refractivity contribution in [3.63, 3.8) is 0 Å². The van der Waals surface area contributed by atoms with Crippen LogP contribution in [-0.2, 0) is 11.2 Å². The fourth-order valence-electron chi connectivity index (χ4n) is 4.54. The smallest absolute Gasteiger partial charge is 0.407 e. The molecule has 4 rings (SSSR count). The third-order valence-corrected chi connectivity index (χ3v) is 6.45. The van der Waals surface area contributed by atoms with Gasteiger partial charge < -0.3 is 15.0 Å². The van der Waals surface area contributed by atoms with Gasteiger partial charge in [0.2, 0.25) is 5.91 Å². The molecule has 2 amide bonds. The number of aromatic nitrogens is 2. The number of amides is 2. The van der Waals surface area contributed by atoms with E-state index in [1.54, 1.807) is 12.3 Å². The summed E-state index contributed by atoms with van der Waals surface area (Å²) in [5.74, 6) is 0.350. The largest absolute Gasteiger partial charge is 0.465 e. The minimum atomic E-state index is -1.12. The van der Waals surface area contributed by atoms with E-state index in [0.717, 1.165) is 45.9 Å². The molecule has 0 saturated carbocycles. The second kappa shape index (κ2) is 10.7. The Morgan fingerprint density at radius 1 is 1.17 bits per heavy atom. The van der Waals surface area contributed by atoms with Crippen molar-refractivity contribution in [2.45, 2.75) is 44.7 Å². The molecule has 2 atom stereocenters. The Balaban J connectivity index is 1.47. The van der Waals surface area contributed by atoms with Crippen LogP contribution >= 0.6 is 0 Å². The highest BCUT2D eigenvalue weighted by Gasteiger charge is 2.33. The van der Waals surface area contributed by atoms with Gasteiger partial charge in [-0.25, -0.2) is 9.78 Å². The molecule has 0 spiro atoms. The molecule has 1 aromatic heterocycles. The molecule has 3 aromatic rings. The van der Waals surface area contributed by atoms with E-state index in [4.69, 9.17) is 0 Å². The van der Waals surface area contributed by atoms with Gasteiger partial charge in [-0.05, 0) is 55.0 Å². The van der Waals surface area contributed by atoms with Crippen LogP contribution in [0.15, 0.2) is 54.9 Å². The zero-order valence-corrected chi connectivity index (χ0v) is 19.9. The number of aryl methyl sites for hydroxylation is 1. The lowest BCUT2D eigenvalue weighted by Crippen LogP contribution is -2.53. The van der Waals surface area contributed by atoms with Crippen LogP contribution < -0.4 is 5.32 Å². The van der Waals surface area contributed by atoms with Crippen molar-refractivity contribution in [3.05, 3.63) is 71.8 Å². The van der Waals surface area contributed by atoms with Crippen molar-refractivity contribution in [1.29, 1.82) is 10.5 Å². The fourth-order valence-corrected chi connectivity index (χ4v) is 4.54. The van der Waals surface area contributed by atoms with E-state index >= 15 is 0 Å². The summed E-state index contributed by atoms with van der Waals surface area (Å²) in [6.07, 6.45) is 4.65. The molecule has 0 radical (unpaired) electrons. The van der Waals surface area contributed by atoms with Gasteiger partial charge >= 0.3 is 6.09 Å². The van der Waals surface area contributed by atoms with Gasteiger partial charge in [0.1, 0.15) is 24.0 Å². The maximum atomic E-state index is 12.7. The Morgan fingerprint density at radius 2 is 1.92 bits per heavy atom. The highest BCUT2D eigenvalue weighted by atomic mass is 16.4. The SMILES string of the molecule is Cc1nccn1-c1cc(-c2ccc(C[C@@H](C#N)NC(=O)C3CCCCN3C(=O)O)cc2)ccc1C#N. The summed E-state index contributed by atoms with van der Waals surface area (Å²) < 4.78 is 1.87. The molecule has 2 aromatic carbocycles. The average molecular weight is 483 g/mol. The predicted molar refractivity (Wildman–Crippen MR) is 132 cm³/mol. The summed E-state index contributed by atoms with van der Waals surface area (Å²) in [5, 5.41) is 31.2. The van der Waals surface area contributed by atoms with E-state index in [2.05, 4.69) is 22.4 Å². The number of benzene rings is 2. The molecule has 2 N–H and O–H groups in total. The van der Waals surface area contributed by atoms with E-state index < -0.39 is 24.1 Å². The van der Waals surface area contributed by atoms with Gasteiger partial charge in [-0.15, -0.1) is 0 Å². The molecule has 36 heavy (non-hydrogen) atoms. The molecule has 2 heterocycles. The number of nitrogens with zero attached hydrogens (tertiary/aromatic N) is 5. The van der Waals surface area contributed by atoms with Crippen molar-refractivity contribution < 1.29 is 14.7 Å². The lowest BCUT2D eigenvalue weighted by atomic mass is 9.98. The molecule has 182 valence electrons. The number of nitriles is 2. The quantitative estimate of drug-likeness (QED) is 0.549. The number of carboxylic acid groups (broad SMARTS) is 1. The van der Waals surface area contributed by atoms with E-state index in [9.17, 15) is 25.2 Å². The number of hydrogen-bond acceptors (Lipinski definition) is 5. The van der Waals surface area contributed by atoms with Crippen molar-refractivity contribution in [2.24, 2.45) is 0 Å². The Morgan fingerprint density at radius 3 is 2.56 bits per heavy atom. The predicted octanol–water partition coefficient (Wildman–Crippen LogP) is 3.80. The number of hydrogen-bond donors (Lipinski definition) is 2. The summed E-state index contributed by atoms with van der Waals surface area (Å²) in [7, 11) is 0. The topological polar surface area (TPSA) is 135 Å². The number of imidazole rings is 1. The van der Waals surface area contributed by atoms with Crippen LogP contribution in [0.25, 0.3) is 16.8 Å². The Hall–Kier alpha value is -4.63. The van der Waals surface area contributed by atoms with Crippen molar-refractivity contribution in [2.75, 3.05) is 6.54 Å². The minimum Gasteiger partial charge on any atom is -0.465 e. The van der Waals surface area contributed by atoms with Crippen LogP contribution in [0, 0.1) is 29.6 Å². The maximum absolute atomic E-state index is 12.7. The normalized spacial score (nSPS) is 16.0. The van der Waals surface area contributed by atoms with E-state index in [-0.39, 0.29) is 0 Å². The van der Waals surface area contributed by atoms with Gasteiger partial charge in [-0.2, -0.15) is 10.5 Å². The van der Waals surface area contributed by atoms with Crippen molar-refractivity contribution in [3.8, 4) is 29.0 Å². The Kier molecular flexibility index (Phi) is 7.31. The first-order valence-electron chi connectivity index (χ1n) is 11.7. The van der Waals surface area contributed by atoms with Gasteiger partial charge in [0.05, 0.1) is 17.3 Å². The molecule has 1 aliphatic rings. The molecule has 0 aliphatic carbocycles. The summed E-state index contributed by atoms with van der Waals surface area (Å²) in [5.41, 5.74) is 4.03. The second-order valence-corrected chi connectivity index (χ2v) is 8.77. The van der Waals surface area contributed by atoms with Crippen molar-refractivity contribution >= 4 is 12.0 Å². The molecular weight excluding hydrogens is 456 g/mol. The first kappa shape index (κ1) is 24.5. The van der Waals surface area contributed by atoms with Crippen molar-refractivity contribution in [1.82, 2.24) is 19.8 Å². The van der Waals surface area contributed by atoms with Crippen LogP contribution in [0.5, 0.6) is 0 Å². The molecular formula is C27H26N6O3. The number of likely N-dealkylation sites (tertiary alicyclic amines) is 1. The highest BCUT2D eigenvalue weighted by molar-refractivity contribution is 5.86. The average Bonchev–Trinajstić information content (AvgIpc) is 3.33. The van der Waals surface area contributed by atoms with Crippen LogP contribution in [-0.4, -0.2) is 50.2 Å². The van der Waals surface area contributed by atoms with Gasteiger partial charge in [-0.3, -0.25) is 9.69 Å². The summed E-state index contributed by atoms with van der Waals surface area (Å²) >= 11 is 0. The standard InChI is InChI=1S/C27H26N6O3/c1-18-30-11-13-32(18)25-15-21(9-10-22(25)16-28)20-7-5-19(6-8-20)14-23(17-29)31-26(34)24-4-2-3-12-33(24)27(35)36/h5-11,13,15,23-24H,2-4,12,14H2,1H3,(H,31,34)(H,35,36)/t23-,24?/m0/s1. The van der Waals surface area contributed by atoms with Gasteiger partial charge in [0.25, 0.3) is 0 Å². The van der Waals surface area contributed by atoms with E-state index in [0.29, 0.717) is 24.9 Å². The van der Waals surface area contributed by atoms with E-state index in [1.807, 2.05) is 54.1 Å². The summed E-state index contributed by atoms with van der Waals surface area (Å²) in [6, 6.07) is 16.1. The number of piperidine rings is 1. The monoisotopic (exact) mass is 482 g/mol. The molecule has 9 nitrogen and oxygen atoms in total. The van der Waals surface area contributed by atoms with Crippen LogP contribution in [0.3, 0.4) is 0 Å². The van der Waals surface area contributed by atoms with Crippen LogP contribution in [0.2, 0.25) is 0 Å². The number of rotatable bonds is 6. The van der Waals surface area contributed by atoms with Gasteiger partial charge in [0, 0.05) is 25.4 Å². The van der Waals surface area contributed by atoms with E-state index in [1.165, 1.54) is 0 Å². The Labute approximate surface area is 209 Å². The fraction of sp³-hybridized carbons (Fsp3) is 0.296. The zero-order valence-electron chi connectivity index (χ0n) is 19.9. The second-order valence-electron chi connectivity index (χ2n) is 8.77. The molecule has 9 heteroatoms. The van der Waals surface area contributed by atoms with Crippen LogP contribution in [0.4, 0.5) is 4.79 Å². The lowest BCUT2D eigenvalue weighted by molar-refractivity contribution is -0.127. The number of carbonyl (C=O) groups is 2. The van der Waals surface area contributed by atoms with Crippen LogP contribution in [0.1, 0.15) is 36.2 Å². The molecule has 0 bridgehead atoms. The Bertz CT molecular complexity index is 1350. The van der Waals surface area contributed by atoms with Gasteiger partial charge in [-0.1, -0.05) is 30.3 Å². The minimum absolute atomic E-state index is 0.301. The molecule has 1 aliphatic heterocycles. The summed E-state index contributed by atoms with van der Waals surface area (Å²) in [4.78, 5) is 29.6. The third-order valence-electron chi connectivity index (χ3n) is 6.45. The first-order valence-corrected chi connectivity index (χ1v) is 11.7. The zero-order chi connectivity index (χ0) is 25.7. The lowest BCUT2D eigenvalue weighted by Gasteiger charge is -2.32. The third kappa shape index (κ3) is 5.21. The first-order chi connectivity index (χ1) is 17.4. The molecule has 1 saturated heterocycles. The van der Waals surface area contributed by atoms with Gasteiger partial charge in [0.15, 0.2) is 0 Å². The number of nitrogens with one attached hydrogen (secondary N) is 1. The summed E-state index contributed by atoms with van der Waals surface area (Å²) in [6.45, 7) is 2.20. The number of carbonyl (C=O) groups excluding carboxylic acids is 1. The highest BCUT2D eigenvalue weighted by Crippen LogP contribution is 2.26.